The molecule has 0 unspecified atom stereocenters. The number of likely N-dealkylation sites (tertiary alicyclic amines) is 1. The summed E-state index contributed by atoms with van der Waals surface area (Å²) in [4.78, 5) is 15.4. The number of ether oxygens (including phenoxy) is 3. The third-order valence-corrected chi connectivity index (χ3v) is 7.14. The van der Waals surface area contributed by atoms with Crippen molar-refractivity contribution in [2.24, 2.45) is 5.92 Å². The number of aliphatic hydroxyl groups is 1. The van der Waals surface area contributed by atoms with Crippen LogP contribution >= 0.6 is 0 Å². The van der Waals surface area contributed by atoms with E-state index in [9.17, 15) is 9.90 Å². The number of nitrogens with zero attached hydrogens (tertiary/aromatic N) is 1. The largest absolute Gasteiger partial charge is 0.497 e. The van der Waals surface area contributed by atoms with Crippen molar-refractivity contribution in [1.82, 2.24) is 4.90 Å². The summed E-state index contributed by atoms with van der Waals surface area (Å²) >= 11 is 0. The van der Waals surface area contributed by atoms with Gasteiger partial charge in [0.15, 0.2) is 0 Å². The molecule has 0 bridgehead atoms. The first kappa shape index (κ1) is 23.2. The molecule has 0 aromatic heterocycles. The second kappa shape index (κ2) is 9.87. The Morgan fingerprint density at radius 3 is 2.42 bits per heavy atom. The van der Waals surface area contributed by atoms with Crippen LogP contribution in [0.3, 0.4) is 0 Å². The first-order valence-electron chi connectivity index (χ1n) is 11.6. The van der Waals surface area contributed by atoms with E-state index in [1.807, 2.05) is 53.4 Å². The first-order chi connectivity index (χ1) is 16.0. The van der Waals surface area contributed by atoms with Crippen molar-refractivity contribution in [3.05, 3.63) is 59.7 Å². The maximum atomic E-state index is 13.5. The maximum Gasteiger partial charge on any atom is 0.247 e. The SMILES string of the molecule is COc1ccc(/C=C/C(=O)N2CC[C@@]3(O)CCCC[C@H]3[C@@H]2c2cc(OC)ccc2OC)cc1. The molecule has 1 aliphatic carbocycles. The normalized spacial score (nSPS) is 24.9. The molecule has 1 saturated heterocycles. The predicted octanol–water partition coefficient (Wildman–Crippen LogP) is 4.62. The molecular formula is C27H33NO5. The van der Waals surface area contributed by atoms with E-state index in [0.29, 0.717) is 24.5 Å². The highest BCUT2D eigenvalue weighted by atomic mass is 16.5. The maximum absolute atomic E-state index is 13.5. The minimum atomic E-state index is -0.770. The molecule has 1 heterocycles. The van der Waals surface area contributed by atoms with Crippen LogP contribution in [0.15, 0.2) is 48.5 Å². The van der Waals surface area contributed by atoms with E-state index >= 15 is 0 Å². The van der Waals surface area contributed by atoms with Crippen molar-refractivity contribution in [1.29, 1.82) is 0 Å². The van der Waals surface area contributed by atoms with Gasteiger partial charge < -0.3 is 24.2 Å². The van der Waals surface area contributed by atoms with E-state index in [-0.39, 0.29) is 17.9 Å². The third kappa shape index (κ3) is 4.71. The molecule has 176 valence electrons. The second-order valence-corrected chi connectivity index (χ2v) is 8.90. The van der Waals surface area contributed by atoms with E-state index in [2.05, 4.69) is 0 Å². The third-order valence-electron chi connectivity index (χ3n) is 7.14. The quantitative estimate of drug-likeness (QED) is 0.649. The van der Waals surface area contributed by atoms with Gasteiger partial charge in [-0.15, -0.1) is 0 Å². The summed E-state index contributed by atoms with van der Waals surface area (Å²) in [7, 11) is 4.89. The van der Waals surface area contributed by atoms with Gasteiger partial charge in [-0.3, -0.25) is 4.79 Å². The number of benzene rings is 2. The molecule has 33 heavy (non-hydrogen) atoms. The minimum Gasteiger partial charge on any atom is -0.497 e. The monoisotopic (exact) mass is 451 g/mol. The molecule has 6 heteroatoms. The molecule has 6 nitrogen and oxygen atoms in total. The summed E-state index contributed by atoms with van der Waals surface area (Å²) in [5, 5.41) is 11.5. The van der Waals surface area contributed by atoms with Crippen molar-refractivity contribution >= 4 is 12.0 Å². The number of amides is 1. The van der Waals surface area contributed by atoms with Gasteiger partial charge in [-0.2, -0.15) is 0 Å². The Balaban J connectivity index is 1.69. The number of piperidine rings is 1. The van der Waals surface area contributed by atoms with Crippen molar-refractivity contribution in [2.45, 2.75) is 43.7 Å². The number of fused-ring (bicyclic) bond motifs is 1. The number of methoxy groups -OCH3 is 3. The zero-order chi connectivity index (χ0) is 23.4. The van der Waals surface area contributed by atoms with E-state index in [1.165, 1.54) is 0 Å². The Bertz CT molecular complexity index is 1000. The summed E-state index contributed by atoms with van der Waals surface area (Å²) in [6, 6.07) is 13.0. The Kier molecular flexibility index (Phi) is 6.94. The van der Waals surface area contributed by atoms with Gasteiger partial charge >= 0.3 is 0 Å². The molecular weight excluding hydrogens is 418 g/mol. The molecule has 4 rings (SSSR count). The van der Waals surface area contributed by atoms with E-state index in [1.54, 1.807) is 27.4 Å². The molecule has 2 aromatic carbocycles. The van der Waals surface area contributed by atoms with Gasteiger partial charge in [-0.1, -0.05) is 25.0 Å². The molecule has 1 aliphatic heterocycles. The Morgan fingerprint density at radius 2 is 1.73 bits per heavy atom. The van der Waals surface area contributed by atoms with Gasteiger partial charge in [0.25, 0.3) is 0 Å². The highest BCUT2D eigenvalue weighted by molar-refractivity contribution is 5.92. The molecule has 1 amide bonds. The van der Waals surface area contributed by atoms with Crippen LogP contribution in [0.1, 0.15) is 49.3 Å². The minimum absolute atomic E-state index is 0.0562. The van der Waals surface area contributed by atoms with Gasteiger partial charge in [0, 0.05) is 24.1 Å². The van der Waals surface area contributed by atoms with Crippen LogP contribution in [0.25, 0.3) is 6.08 Å². The molecule has 2 aromatic rings. The van der Waals surface area contributed by atoms with Crippen molar-refractivity contribution in [3.63, 3.8) is 0 Å². The van der Waals surface area contributed by atoms with Crippen LogP contribution in [0.4, 0.5) is 0 Å². The predicted molar refractivity (Wildman–Crippen MR) is 128 cm³/mol. The summed E-state index contributed by atoms with van der Waals surface area (Å²) < 4.78 is 16.4. The summed E-state index contributed by atoms with van der Waals surface area (Å²) in [6.07, 6.45) is 7.72. The molecule has 2 fully saturated rings. The first-order valence-corrected chi connectivity index (χ1v) is 11.6. The number of carbonyl (C=O) groups is 1. The Hall–Kier alpha value is -2.99. The lowest BCUT2D eigenvalue weighted by Gasteiger charge is -2.52. The number of rotatable bonds is 6. The number of hydrogen-bond donors (Lipinski definition) is 1. The standard InChI is InChI=1S/C27H33NO5/c1-31-20-10-7-19(8-11-20)9-14-25(29)28-17-16-27(30)15-5-4-6-23(27)26(28)22-18-21(32-2)12-13-24(22)33-3/h7-14,18,23,26,30H,4-6,15-17H2,1-3H3/b14-9+/t23-,26-,27-/m0/s1. The highest BCUT2D eigenvalue weighted by Gasteiger charge is 2.50. The van der Waals surface area contributed by atoms with Crippen LogP contribution < -0.4 is 14.2 Å². The summed E-state index contributed by atoms with van der Waals surface area (Å²) in [5.41, 5.74) is 1.03. The van der Waals surface area contributed by atoms with Gasteiger partial charge in [0.05, 0.1) is 33.0 Å². The van der Waals surface area contributed by atoms with Gasteiger partial charge in [0.2, 0.25) is 5.91 Å². The van der Waals surface area contributed by atoms with Crippen LogP contribution in [-0.4, -0.2) is 49.4 Å². The van der Waals surface area contributed by atoms with Crippen LogP contribution in [0.5, 0.6) is 17.2 Å². The highest BCUT2D eigenvalue weighted by Crippen LogP contribution is 2.51. The van der Waals surface area contributed by atoms with Crippen molar-refractivity contribution < 1.29 is 24.1 Å². The smallest absolute Gasteiger partial charge is 0.247 e. The van der Waals surface area contributed by atoms with E-state index in [4.69, 9.17) is 14.2 Å². The lowest BCUT2D eigenvalue weighted by molar-refractivity contribution is -0.151. The zero-order valence-electron chi connectivity index (χ0n) is 19.6. The number of carbonyl (C=O) groups excluding carboxylic acids is 1. The molecule has 0 radical (unpaired) electrons. The fraction of sp³-hybridized carbons (Fsp3) is 0.444. The molecule has 3 atom stereocenters. The number of hydrogen-bond acceptors (Lipinski definition) is 5. The Morgan fingerprint density at radius 1 is 1.00 bits per heavy atom. The van der Waals surface area contributed by atoms with Gasteiger partial charge in [0.1, 0.15) is 17.2 Å². The fourth-order valence-corrected chi connectivity index (χ4v) is 5.36. The van der Waals surface area contributed by atoms with Crippen LogP contribution in [-0.2, 0) is 4.79 Å². The Labute approximate surface area is 195 Å². The van der Waals surface area contributed by atoms with Crippen LogP contribution in [0.2, 0.25) is 0 Å². The summed E-state index contributed by atoms with van der Waals surface area (Å²) in [6.45, 7) is 0.490. The van der Waals surface area contributed by atoms with Crippen molar-refractivity contribution in [3.8, 4) is 17.2 Å². The van der Waals surface area contributed by atoms with Crippen LogP contribution in [0, 0.1) is 5.92 Å². The average Bonchev–Trinajstić information content (AvgIpc) is 2.86. The van der Waals surface area contributed by atoms with Gasteiger partial charge in [-0.05, 0) is 61.2 Å². The van der Waals surface area contributed by atoms with E-state index < -0.39 is 5.60 Å². The van der Waals surface area contributed by atoms with Gasteiger partial charge in [-0.25, -0.2) is 0 Å². The lowest BCUT2D eigenvalue weighted by atomic mass is 9.66. The van der Waals surface area contributed by atoms with Crippen molar-refractivity contribution in [2.75, 3.05) is 27.9 Å². The fourth-order valence-electron chi connectivity index (χ4n) is 5.36. The molecule has 0 spiro atoms. The topological polar surface area (TPSA) is 68.2 Å². The molecule has 1 N–H and O–H groups in total. The summed E-state index contributed by atoms with van der Waals surface area (Å²) in [5.74, 6) is 2.05. The zero-order valence-corrected chi connectivity index (χ0v) is 19.6. The van der Waals surface area contributed by atoms with E-state index in [0.717, 1.165) is 42.6 Å². The average molecular weight is 452 g/mol. The second-order valence-electron chi connectivity index (χ2n) is 8.90. The lowest BCUT2D eigenvalue weighted by Crippen LogP contribution is -2.56. The molecule has 2 aliphatic rings. The molecule has 1 saturated carbocycles.